The Labute approximate surface area is 63.8 Å². The monoisotopic (exact) mass is 159 g/mol. The Morgan fingerprint density at radius 2 is 2.20 bits per heavy atom. The van der Waals surface area contributed by atoms with E-state index in [1.807, 2.05) is 0 Å². The van der Waals surface area contributed by atoms with Gasteiger partial charge < -0.3 is 4.74 Å². The summed E-state index contributed by atoms with van der Waals surface area (Å²) in [4.78, 5) is 10.6. The lowest BCUT2D eigenvalue weighted by atomic mass is 10.3. The number of nitrogens with zero attached hydrogens (tertiary/aromatic N) is 1. The van der Waals surface area contributed by atoms with Crippen LogP contribution in [0.25, 0.3) is 0 Å². The predicted molar refractivity (Wildman–Crippen MR) is 36.2 cm³/mol. The number of hydrogen-bond donors (Lipinski definition) is 0. The van der Waals surface area contributed by atoms with Gasteiger partial charge in [-0.3, -0.25) is 0 Å². The number of rotatable bonds is 1. The highest BCUT2D eigenvalue weighted by molar-refractivity contribution is 6.31. The first-order chi connectivity index (χ1) is 4.63. The molecule has 0 heterocycles. The summed E-state index contributed by atoms with van der Waals surface area (Å²) in [5, 5.41) is 8.45. The molecule has 0 radical (unpaired) electrons. The highest BCUT2D eigenvalue weighted by Gasteiger charge is 2.10. The number of carbonyl (C=O) groups is 1. The molecule has 10 heavy (non-hydrogen) atoms. The molecule has 0 aliphatic carbocycles. The Morgan fingerprint density at radius 1 is 1.70 bits per heavy atom. The van der Waals surface area contributed by atoms with Crippen LogP contribution in [-0.4, -0.2) is 13.1 Å². The van der Waals surface area contributed by atoms with Gasteiger partial charge in [-0.2, -0.15) is 5.26 Å². The van der Waals surface area contributed by atoms with E-state index in [-0.39, 0.29) is 10.6 Å². The number of ether oxygens (including phenoxy) is 1. The van der Waals surface area contributed by atoms with Gasteiger partial charge in [-0.1, -0.05) is 11.6 Å². The summed E-state index contributed by atoms with van der Waals surface area (Å²) in [6.45, 7) is 1.46. The van der Waals surface area contributed by atoms with Crippen LogP contribution >= 0.6 is 11.6 Å². The van der Waals surface area contributed by atoms with Gasteiger partial charge >= 0.3 is 5.97 Å². The minimum atomic E-state index is -0.699. The molecule has 54 valence electrons. The van der Waals surface area contributed by atoms with Gasteiger partial charge in [0.05, 0.1) is 7.11 Å². The van der Waals surface area contributed by atoms with E-state index in [0.717, 1.165) is 0 Å². The molecule has 0 N–H and O–H groups in total. The molecular formula is C6H6ClNO2. The molecular weight excluding hydrogens is 154 g/mol. The maximum atomic E-state index is 10.6. The summed E-state index contributed by atoms with van der Waals surface area (Å²) in [6.07, 6.45) is 0. The zero-order chi connectivity index (χ0) is 8.15. The molecule has 0 saturated heterocycles. The molecule has 0 unspecified atom stereocenters. The van der Waals surface area contributed by atoms with Gasteiger partial charge in [0.2, 0.25) is 0 Å². The van der Waals surface area contributed by atoms with Crippen LogP contribution in [0.3, 0.4) is 0 Å². The van der Waals surface area contributed by atoms with E-state index < -0.39 is 5.97 Å². The second kappa shape index (κ2) is 3.91. The molecule has 3 nitrogen and oxygen atoms in total. The second-order valence-electron chi connectivity index (χ2n) is 1.51. The lowest BCUT2D eigenvalue weighted by Gasteiger charge is -1.94. The largest absolute Gasteiger partial charge is 0.465 e. The fraction of sp³-hybridized carbons (Fsp3) is 0.333. The number of esters is 1. The first-order valence-corrected chi connectivity index (χ1v) is 2.86. The first-order valence-electron chi connectivity index (χ1n) is 2.48. The number of nitriles is 1. The summed E-state index contributed by atoms with van der Waals surface area (Å²) in [5.41, 5.74) is -0.149. The average Bonchev–Trinajstić information content (AvgIpc) is 1.88. The quantitative estimate of drug-likeness (QED) is 0.328. The van der Waals surface area contributed by atoms with Crippen LogP contribution in [0.2, 0.25) is 0 Å². The number of halogens is 1. The van der Waals surface area contributed by atoms with Gasteiger partial charge in [0, 0.05) is 5.03 Å². The molecule has 0 aliphatic rings. The van der Waals surface area contributed by atoms with Crippen molar-refractivity contribution in [2.45, 2.75) is 6.92 Å². The van der Waals surface area contributed by atoms with Crippen molar-refractivity contribution in [2.24, 2.45) is 0 Å². The first kappa shape index (κ1) is 8.99. The van der Waals surface area contributed by atoms with Gasteiger partial charge in [0.1, 0.15) is 6.07 Å². The third-order valence-corrected chi connectivity index (χ3v) is 1.03. The van der Waals surface area contributed by atoms with Gasteiger partial charge in [0.25, 0.3) is 0 Å². The summed E-state index contributed by atoms with van der Waals surface area (Å²) in [7, 11) is 1.19. The molecule has 0 bridgehead atoms. The van der Waals surface area contributed by atoms with Gasteiger partial charge in [-0.15, -0.1) is 0 Å². The van der Waals surface area contributed by atoms with E-state index in [1.54, 1.807) is 6.07 Å². The normalized spacial score (nSPS) is 11.4. The molecule has 0 saturated carbocycles. The van der Waals surface area contributed by atoms with Crippen molar-refractivity contribution in [3.05, 3.63) is 10.6 Å². The molecule has 0 rings (SSSR count). The predicted octanol–water partition coefficient (Wildman–Crippen LogP) is 1.20. The van der Waals surface area contributed by atoms with Crippen molar-refractivity contribution < 1.29 is 9.53 Å². The van der Waals surface area contributed by atoms with E-state index in [9.17, 15) is 4.79 Å². The van der Waals surface area contributed by atoms with E-state index in [1.165, 1.54) is 14.0 Å². The van der Waals surface area contributed by atoms with Crippen LogP contribution in [0.4, 0.5) is 0 Å². The highest BCUT2D eigenvalue weighted by Crippen LogP contribution is 2.08. The molecule has 0 aliphatic heterocycles. The number of carbonyl (C=O) groups excluding carboxylic acids is 1. The van der Waals surface area contributed by atoms with Crippen LogP contribution < -0.4 is 0 Å². The van der Waals surface area contributed by atoms with Crippen molar-refractivity contribution in [2.75, 3.05) is 7.11 Å². The Kier molecular flexibility index (Phi) is 3.52. The summed E-state index contributed by atoms with van der Waals surface area (Å²) >= 11 is 5.37. The van der Waals surface area contributed by atoms with E-state index in [4.69, 9.17) is 16.9 Å². The molecule has 0 aromatic rings. The Hall–Kier alpha value is -1.01. The summed E-state index contributed by atoms with van der Waals surface area (Å²) in [6, 6.07) is 1.63. The maximum absolute atomic E-state index is 10.6. The van der Waals surface area contributed by atoms with Crippen LogP contribution in [0.15, 0.2) is 10.6 Å². The zero-order valence-electron chi connectivity index (χ0n) is 5.64. The molecule has 0 fully saturated rings. The van der Waals surface area contributed by atoms with Crippen molar-refractivity contribution in [3.8, 4) is 6.07 Å². The fourth-order valence-electron chi connectivity index (χ4n) is 0.365. The fourth-order valence-corrected chi connectivity index (χ4v) is 0.485. The Balaban J connectivity index is 4.59. The second-order valence-corrected chi connectivity index (χ2v) is 2.08. The average molecular weight is 160 g/mol. The maximum Gasteiger partial charge on any atom is 0.349 e. The smallest absolute Gasteiger partial charge is 0.349 e. The molecule has 0 atom stereocenters. The van der Waals surface area contributed by atoms with Crippen molar-refractivity contribution >= 4 is 17.6 Å². The summed E-state index contributed by atoms with van der Waals surface area (Å²) in [5.74, 6) is -0.699. The Bertz CT molecular complexity index is 210. The molecule has 0 aromatic heterocycles. The van der Waals surface area contributed by atoms with Crippen LogP contribution in [-0.2, 0) is 9.53 Å². The minimum Gasteiger partial charge on any atom is -0.465 e. The minimum absolute atomic E-state index is 0.148. The van der Waals surface area contributed by atoms with Crippen molar-refractivity contribution in [1.29, 1.82) is 5.26 Å². The number of hydrogen-bond acceptors (Lipinski definition) is 3. The zero-order valence-corrected chi connectivity index (χ0v) is 6.40. The highest BCUT2D eigenvalue weighted by atomic mass is 35.5. The molecule has 0 amide bonds. The third kappa shape index (κ3) is 2.08. The molecule has 4 heteroatoms. The SMILES string of the molecule is COC(=O)/C(C#N)=C(\C)Cl. The van der Waals surface area contributed by atoms with E-state index in [0.29, 0.717) is 0 Å². The van der Waals surface area contributed by atoms with Gasteiger partial charge in [0.15, 0.2) is 5.57 Å². The van der Waals surface area contributed by atoms with E-state index >= 15 is 0 Å². The van der Waals surface area contributed by atoms with Crippen LogP contribution in [0, 0.1) is 11.3 Å². The lowest BCUT2D eigenvalue weighted by molar-refractivity contribution is -0.135. The van der Waals surface area contributed by atoms with Gasteiger partial charge in [-0.25, -0.2) is 4.79 Å². The lowest BCUT2D eigenvalue weighted by Crippen LogP contribution is -2.03. The van der Waals surface area contributed by atoms with Crippen LogP contribution in [0.5, 0.6) is 0 Å². The van der Waals surface area contributed by atoms with Gasteiger partial charge in [-0.05, 0) is 6.92 Å². The summed E-state index contributed by atoms with van der Waals surface area (Å²) < 4.78 is 4.26. The van der Waals surface area contributed by atoms with Crippen molar-refractivity contribution in [1.82, 2.24) is 0 Å². The van der Waals surface area contributed by atoms with Crippen molar-refractivity contribution in [3.63, 3.8) is 0 Å². The standard InChI is InChI=1S/C6H6ClNO2/c1-4(7)5(3-8)6(9)10-2/h1-2H3/b5-4+. The Morgan fingerprint density at radius 3 is 2.30 bits per heavy atom. The molecule has 0 aromatic carbocycles. The number of methoxy groups -OCH3 is 1. The third-order valence-electron chi connectivity index (χ3n) is 0.846. The topological polar surface area (TPSA) is 50.1 Å². The number of allylic oxidation sites excluding steroid dienone is 1. The molecule has 0 spiro atoms. The van der Waals surface area contributed by atoms with E-state index in [2.05, 4.69) is 4.74 Å². The van der Waals surface area contributed by atoms with Crippen LogP contribution in [0.1, 0.15) is 6.92 Å².